The number of nitrogens with two attached hydrogens (primary N) is 1. The average Bonchev–Trinajstić information content (AvgIpc) is 2.87. The van der Waals surface area contributed by atoms with Crippen LogP contribution in [0.4, 0.5) is 17.3 Å². The molecule has 1 aliphatic heterocycles. The minimum Gasteiger partial charge on any atom is -0.355 e. The van der Waals surface area contributed by atoms with E-state index in [-0.39, 0.29) is 5.69 Å². The Hall–Kier alpha value is -1.93. The van der Waals surface area contributed by atoms with Gasteiger partial charge in [0.25, 0.3) is 5.69 Å². The van der Waals surface area contributed by atoms with Crippen LogP contribution in [0.2, 0.25) is 0 Å². The van der Waals surface area contributed by atoms with E-state index in [2.05, 4.69) is 15.3 Å². The van der Waals surface area contributed by atoms with E-state index in [1.165, 1.54) is 12.1 Å². The maximum atomic E-state index is 10.9. The number of aromatic nitrogens is 1. The highest BCUT2D eigenvalue weighted by molar-refractivity contribution is 5.56. The predicted molar refractivity (Wildman–Crippen MR) is 73.0 cm³/mol. The smallest absolute Gasteiger partial charge is 0.276 e. The number of rotatable bonds is 4. The van der Waals surface area contributed by atoms with Gasteiger partial charge in [0.15, 0.2) is 0 Å². The molecule has 0 spiro atoms. The minimum atomic E-state index is -0.439. The Balaban J connectivity index is 2.25. The third kappa shape index (κ3) is 2.91. The first-order valence-corrected chi connectivity index (χ1v) is 6.05. The Bertz CT molecular complexity index is 478. The van der Waals surface area contributed by atoms with Gasteiger partial charge >= 0.3 is 0 Å². The summed E-state index contributed by atoms with van der Waals surface area (Å²) in [6.07, 6.45) is 1.02. The molecule has 0 saturated carbocycles. The van der Waals surface area contributed by atoms with Crippen molar-refractivity contribution in [2.75, 3.05) is 37.5 Å². The minimum absolute atomic E-state index is 0.00810. The van der Waals surface area contributed by atoms with Gasteiger partial charge in [0.1, 0.15) is 11.6 Å². The Morgan fingerprint density at radius 1 is 1.58 bits per heavy atom. The number of nitrogen functional groups attached to an aromatic ring is 1. The molecule has 19 heavy (non-hydrogen) atoms. The molecule has 0 aromatic carbocycles. The summed E-state index contributed by atoms with van der Waals surface area (Å²) >= 11 is 0. The zero-order valence-corrected chi connectivity index (χ0v) is 11.0. The molecule has 1 unspecified atom stereocenters. The molecular weight excluding hydrogens is 248 g/mol. The standard InChI is InChI=1S/C11H18N6O2/c1-15(2)8-3-4-16(7-8)11-6-9(17(18)19)5-10(13-11)14-12/h5-6,8H,3-4,7,12H2,1-2H3,(H,13,14). The molecule has 1 aromatic heterocycles. The van der Waals surface area contributed by atoms with Crippen LogP contribution < -0.4 is 16.2 Å². The summed E-state index contributed by atoms with van der Waals surface area (Å²) in [4.78, 5) is 18.9. The average molecular weight is 266 g/mol. The first-order valence-electron chi connectivity index (χ1n) is 6.05. The molecule has 1 atom stereocenters. The normalized spacial score (nSPS) is 18.9. The molecular formula is C11H18N6O2. The molecule has 1 saturated heterocycles. The second-order valence-corrected chi connectivity index (χ2v) is 4.82. The topological polar surface area (TPSA) is 101 Å². The fourth-order valence-corrected chi connectivity index (χ4v) is 2.21. The fraction of sp³-hybridized carbons (Fsp3) is 0.545. The summed E-state index contributed by atoms with van der Waals surface area (Å²) in [7, 11) is 4.06. The fourth-order valence-electron chi connectivity index (χ4n) is 2.21. The van der Waals surface area contributed by atoms with Gasteiger partial charge in [-0.25, -0.2) is 10.8 Å². The largest absolute Gasteiger partial charge is 0.355 e. The lowest BCUT2D eigenvalue weighted by Crippen LogP contribution is -2.31. The van der Waals surface area contributed by atoms with Gasteiger partial charge in [-0.2, -0.15) is 0 Å². The van der Waals surface area contributed by atoms with Crippen molar-refractivity contribution in [3.05, 3.63) is 22.2 Å². The number of nitrogens with one attached hydrogen (secondary N) is 1. The molecule has 0 radical (unpaired) electrons. The van der Waals surface area contributed by atoms with Gasteiger partial charge in [-0.3, -0.25) is 10.1 Å². The summed E-state index contributed by atoms with van der Waals surface area (Å²) in [6, 6.07) is 3.25. The molecule has 8 heteroatoms. The molecule has 8 nitrogen and oxygen atoms in total. The molecule has 3 N–H and O–H groups in total. The van der Waals surface area contributed by atoms with Gasteiger partial charge < -0.3 is 15.2 Å². The quantitative estimate of drug-likeness (QED) is 0.462. The highest BCUT2D eigenvalue weighted by atomic mass is 16.6. The summed E-state index contributed by atoms with van der Waals surface area (Å²) in [5.74, 6) is 6.19. The summed E-state index contributed by atoms with van der Waals surface area (Å²) in [6.45, 7) is 1.65. The lowest BCUT2D eigenvalue weighted by molar-refractivity contribution is -0.384. The number of likely N-dealkylation sites (N-methyl/N-ethyl adjacent to an activating group) is 1. The van der Waals surface area contributed by atoms with Gasteiger partial charge in [-0.05, 0) is 20.5 Å². The van der Waals surface area contributed by atoms with Crippen molar-refractivity contribution in [1.82, 2.24) is 9.88 Å². The number of nitro groups is 1. The van der Waals surface area contributed by atoms with Crippen LogP contribution in [0.25, 0.3) is 0 Å². The third-order valence-corrected chi connectivity index (χ3v) is 3.37. The zero-order chi connectivity index (χ0) is 14.0. The first-order chi connectivity index (χ1) is 9.01. The van der Waals surface area contributed by atoms with E-state index in [0.29, 0.717) is 17.7 Å². The number of pyridine rings is 1. The second-order valence-electron chi connectivity index (χ2n) is 4.82. The van der Waals surface area contributed by atoms with E-state index in [1.807, 2.05) is 19.0 Å². The van der Waals surface area contributed by atoms with Crippen LogP contribution in [0.3, 0.4) is 0 Å². The Morgan fingerprint density at radius 2 is 2.32 bits per heavy atom. The Morgan fingerprint density at radius 3 is 2.84 bits per heavy atom. The van der Waals surface area contributed by atoms with Crippen molar-refractivity contribution < 1.29 is 4.92 Å². The lowest BCUT2D eigenvalue weighted by Gasteiger charge is -2.21. The lowest BCUT2D eigenvalue weighted by atomic mass is 10.2. The third-order valence-electron chi connectivity index (χ3n) is 3.37. The van der Waals surface area contributed by atoms with E-state index in [0.717, 1.165) is 19.5 Å². The molecule has 0 amide bonds. The van der Waals surface area contributed by atoms with Gasteiger partial charge in [-0.15, -0.1) is 0 Å². The monoisotopic (exact) mass is 266 g/mol. The maximum Gasteiger partial charge on any atom is 0.276 e. The molecule has 1 aliphatic rings. The molecule has 104 valence electrons. The van der Waals surface area contributed by atoms with Gasteiger partial charge in [0.2, 0.25) is 0 Å². The second kappa shape index (κ2) is 5.37. The van der Waals surface area contributed by atoms with Crippen LogP contribution >= 0.6 is 0 Å². The summed E-state index contributed by atoms with van der Waals surface area (Å²) in [5.41, 5.74) is 2.36. The number of hydrogen-bond acceptors (Lipinski definition) is 7. The van der Waals surface area contributed by atoms with Gasteiger partial charge in [-0.1, -0.05) is 0 Å². The number of hydrogen-bond donors (Lipinski definition) is 2. The van der Waals surface area contributed by atoms with Gasteiger partial charge in [0, 0.05) is 19.1 Å². The van der Waals surface area contributed by atoms with Crippen molar-refractivity contribution in [2.24, 2.45) is 5.84 Å². The van der Waals surface area contributed by atoms with Crippen LogP contribution in [0, 0.1) is 10.1 Å². The van der Waals surface area contributed by atoms with E-state index in [1.54, 1.807) is 0 Å². The molecule has 0 bridgehead atoms. The SMILES string of the molecule is CN(C)C1CCN(c2cc([N+](=O)[O-])cc(NN)n2)C1. The van der Waals surface area contributed by atoms with Crippen molar-refractivity contribution in [3.63, 3.8) is 0 Å². The molecule has 2 rings (SSSR count). The molecule has 2 heterocycles. The van der Waals surface area contributed by atoms with Crippen LogP contribution in [0.15, 0.2) is 12.1 Å². The molecule has 1 fully saturated rings. The summed E-state index contributed by atoms with van der Waals surface area (Å²) in [5, 5.41) is 10.9. The van der Waals surface area contributed by atoms with Crippen LogP contribution in [0.1, 0.15) is 6.42 Å². The molecule has 0 aliphatic carbocycles. The highest BCUT2D eigenvalue weighted by Crippen LogP contribution is 2.26. The van der Waals surface area contributed by atoms with Crippen molar-refractivity contribution in [1.29, 1.82) is 0 Å². The van der Waals surface area contributed by atoms with E-state index in [9.17, 15) is 10.1 Å². The predicted octanol–water partition coefficient (Wildman–Crippen LogP) is 0.416. The maximum absolute atomic E-state index is 10.9. The number of nitrogens with zero attached hydrogens (tertiary/aromatic N) is 4. The van der Waals surface area contributed by atoms with Crippen molar-refractivity contribution in [2.45, 2.75) is 12.5 Å². The first kappa shape index (κ1) is 13.5. The highest BCUT2D eigenvalue weighted by Gasteiger charge is 2.26. The Kier molecular flexibility index (Phi) is 3.82. The van der Waals surface area contributed by atoms with Crippen LogP contribution in [-0.4, -0.2) is 48.0 Å². The van der Waals surface area contributed by atoms with Crippen LogP contribution in [0.5, 0.6) is 0 Å². The van der Waals surface area contributed by atoms with E-state index in [4.69, 9.17) is 5.84 Å². The zero-order valence-electron chi connectivity index (χ0n) is 11.0. The Labute approximate surface area is 111 Å². The van der Waals surface area contributed by atoms with Gasteiger partial charge in [0.05, 0.1) is 17.1 Å². The van der Waals surface area contributed by atoms with E-state index >= 15 is 0 Å². The summed E-state index contributed by atoms with van der Waals surface area (Å²) < 4.78 is 0. The van der Waals surface area contributed by atoms with Crippen molar-refractivity contribution in [3.8, 4) is 0 Å². The number of hydrazine groups is 1. The van der Waals surface area contributed by atoms with Crippen molar-refractivity contribution >= 4 is 17.3 Å². The van der Waals surface area contributed by atoms with E-state index < -0.39 is 4.92 Å². The number of anilines is 2. The molecule has 1 aromatic rings. The van der Waals surface area contributed by atoms with Crippen LogP contribution in [-0.2, 0) is 0 Å².